The van der Waals surface area contributed by atoms with Crippen molar-refractivity contribution in [3.05, 3.63) is 77.9 Å². The fraction of sp³-hybridized carbons (Fsp3) is 0.0500. The van der Waals surface area contributed by atoms with E-state index in [0.29, 0.717) is 26.4 Å². The number of hydrogen-bond acceptors (Lipinski definition) is 5. The molecule has 6 nitrogen and oxygen atoms in total. The first-order chi connectivity index (χ1) is 13.9. The number of ether oxygens (including phenoxy) is 1. The highest BCUT2D eigenvalue weighted by molar-refractivity contribution is 9.10. The van der Waals surface area contributed by atoms with Crippen LogP contribution in [0.25, 0.3) is 27.1 Å². The van der Waals surface area contributed by atoms with Crippen molar-refractivity contribution in [1.29, 1.82) is 0 Å². The molecule has 0 spiro atoms. The number of aromatic nitrogens is 2. The Balaban J connectivity index is 1.82. The smallest absolute Gasteiger partial charge is 0.274 e. The number of fused-ring (bicyclic) bond motifs is 1. The fourth-order valence-electron chi connectivity index (χ4n) is 2.84. The maximum Gasteiger partial charge on any atom is 0.274 e. The van der Waals surface area contributed by atoms with Gasteiger partial charge >= 0.3 is 0 Å². The molecule has 1 N–H and O–H groups in total. The summed E-state index contributed by atoms with van der Waals surface area (Å²) in [6.07, 6.45) is 3.33. The second kappa shape index (κ2) is 7.52. The van der Waals surface area contributed by atoms with Crippen molar-refractivity contribution in [1.82, 2.24) is 9.38 Å². The SMILES string of the molecule is [C-]#[N+]c1cc(Br)cc(-c2cn3c(=O)/c(=C/c4cc(Cl)c(O)c(OC)c4)sc3n2)c1. The average molecular weight is 489 g/mol. The van der Waals surface area contributed by atoms with Crippen LogP contribution in [0.1, 0.15) is 5.56 Å². The molecule has 4 aromatic rings. The van der Waals surface area contributed by atoms with Crippen molar-refractivity contribution in [2.75, 3.05) is 7.11 Å². The number of halogens is 2. The maximum atomic E-state index is 12.8. The third kappa shape index (κ3) is 3.60. The lowest BCUT2D eigenvalue weighted by Crippen LogP contribution is -2.22. The molecule has 2 aromatic carbocycles. The van der Waals surface area contributed by atoms with Gasteiger partial charge in [-0.1, -0.05) is 38.9 Å². The van der Waals surface area contributed by atoms with Gasteiger partial charge < -0.3 is 9.84 Å². The number of phenols is 1. The van der Waals surface area contributed by atoms with Crippen LogP contribution in [0.2, 0.25) is 5.02 Å². The number of nitrogens with zero attached hydrogens (tertiary/aromatic N) is 3. The van der Waals surface area contributed by atoms with Gasteiger partial charge in [-0.15, -0.1) is 0 Å². The molecule has 0 aliphatic rings. The Hall–Kier alpha value is -2.86. The summed E-state index contributed by atoms with van der Waals surface area (Å²) < 4.78 is 7.82. The van der Waals surface area contributed by atoms with E-state index in [1.807, 2.05) is 6.07 Å². The normalized spacial score (nSPS) is 11.7. The molecule has 0 bridgehead atoms. The highest BCUT2D eigenvalue weighted by atomic mass is 79.9. The van der Waals surface area contributed by atoms with Crippen molar-refractivity contribution in [2.24, 2.45) is 0 Å². The van der Waals surface area contributed by atoms with Crippen molar-refractivity contribution in [2.45, 2.75) is 0 Å². The third-order valence-corrected chi connectivity index (χ3v) is 5.91. The molecule has 4 rings (SSSR count). The molecule has 0 radical (unpaired) electrons. The van der Waals surface area contributed by atoms with Crippen molar-refractivity contribution < 1.29 is 9.84 Å². The fourth-order valence-corrected chi connectivity index (χ4v) is 4.50. The minimum absolute atomic E-state index is 0.136. The Morgan fingerprint density at radius 1 is 1.34 bits per heavy atom. The van der Waals surface area contributed by atoms with E-state index >= 15 is 0 Å². The van der Waals surface area contributed by atoms with Gasteiger partial charge in [0, 0.05) is 10.7 Å². The highest BCUT2D eigenvalue weighted by Gasteiger charge is 2.12. The molecule has 2 aromatic heterocycles. The zero-order valence-electron chi connectivity index (χ0n) is 14.8. The largest absolute Gasteiger partial charge is 0.503 e. The van der Waals surface area contributed by atoms with Crippen LogP contribution in [-0.4, -0.2) is 21.6 Å². The molecule has 29 heavy (non-hydrogen) atoms. The molecular formula is C20H11BrClN3O3S. The van der Waals surface area contributed by atoms with E-state index in [2.05, 4.69) is 25.8 Å². The molecule has 144 valence electrons. The van der Waals surface area contributed by atoms with E-state index in [9.17, 15) is 9.90 Å². The summed E-state index contributed by atoms with van der Waals surface area (Å²) in [6, 6.07) is 8.45. The van der Waals surface area contributed by atoms with Crippen LogP contribution in [0.5, 0.6) is 11.5 Å². The summed E-state index contributed by atoms with van der Waals surface area (Å²) >= 11 is 10.6. The van der Waals surface area contributed by atoms with E-state index in [0.717, 1.165) is 10.0 Å². The number of imidazole rings is 1. The molecule has 0 atom stereocenters. The van der Waals surface area contributed by atoms with E-state index in [1.54, 1.807) is 36.5 Å². The Bertz CT molecular complexity index is 1420. The first-order valence-corrected chi connectivity index (χ1v) is 10.2. The lowest BCUT2D eigenvalue weighted by molar-refractivity contribution is 0.373. The number of thiazole rings is 1. The molecule has 0 aliphatic heterocycles. The Labute approximate surface area is 182 Å². The van der Waals surface area contributed by atoms with Gasteiger partial charge in [0.2, 0.25) is 0 Å². The molecule has 0 amide bonds. The molecule has 0 unspecified atom stereocenters. The van der Waals surface area contributed by atoms with Gasteiger partial charge in [0.15, 0.2) is 22.1 Å². The van der Waals surface area contributed by atoms with Gasteiger partial charge in [-0.25, -0.2) is 9.83 Å². The molecular weight excluding hydrogens is 478 g/mol. The number of rotatable bonds is 3. The summed E-state index contributed by atoms with van der Waals surface area (Å²) in [5, 5.41) is 9.99. The lowest BCUT2D eigenvalue weighted by Gasteiger charge is -2.05. The Morgan fingerprint density at radius 2 is 2.14 bits per heavy atom. The topological polar surface area (TPSA) is 68.2 Å². The number of methoxy groups -OCH3 is 1. The van der Waals surface area contributed by atoms with Crippen LogP contribution < -0.4 is 14.8 Å². The maximum absolute atomic E-state index is 12.8. The van der Waals surface area contributed by atoms with Crippen molar-refractivity contribution in [3.63, 3.8) is 0 Å². The third-order valence-electron chi connectivity index (χ3n) is 4.18. The van der Waals surface area contributed by atoms with Gasteiger partial charge in [-0.3, -0.25) is 9.20 Å². The quantitative estimate of drug-likeness (QED) is 0.426. The van der Waals surface area contributed by atoms with Crippen LogP contribution in [-0.2, 0) is 0 Å². The second-order valence-electron chi connectivity index (χ2n) is 6.06. The Kier molecular flexibility index (Phi) is 5.04. The molecule has 0 fully saturated rings. The van der Waals surface area contributed by atoms with Crippen molar-refractivity contribution >= 4 is 55.6 Å². The summed E-state index contributed by atoms with van der Waals surface area (Å²) in [6.45, 7) is 7.20. The zero-order valence-corrected chi connectivity index (χ0v) is 18.0. The minimum Gasteiger partial charge on any atom is -0.503 e. The van der Waals surface area contributed by atoms with E-state index < -0.39 is 0 Å². The second-order valence-corrected chi connectivity index (χ2v) is 8.39. The predicted octanol–water partition coefficient (Wildman–Crippen LogP) is 4.65. The van der Waals surface area contributed by atoms with E-state index in [1.165, 1.54) is 22.8 Å². The molecule has 9 heteroatoms. The molecule has 2 heterocycles. The summed E-state index contributed by atoms with van der Waals surface area (Å²) in [4.78, 5) is 21.3. The van der Waals surface area contributed by atoms with Crippen LogP contribution >= 0.6 is 38.9 Å². The minimum atomic E-state index is -0.215. The lowest BCUT2D eigenvalue weighted by atomic mass is 10.1. The first-order valence-electron chi connectivity index (χ1n) is 8.18. The number of aromatic hydroxyl groups is 1. The number of benzene rings is 2. The van der Waals surface area contributed by atoms with Crippen LogP contribution in [0, 0.1) is 6.57 Å². The number of hydrogen-bond donors (Lipinski definition) is 1. The molecule has 0 saturated carbocycles. The summed E-state index contributed by atoms with van der Waals surface area (Å²) in [7, 11) is 1.43. The molecule has 0 saturated heterocycles. The standard InChI is InChI=1S/C20H11BrClN3O3S/c1-23-13-7-11(6-12(21)8-13)15-9-25-19(27)17(29-20(25)24-15)5-10-3-14(22)18(26)16(4-10)28-2/h3-9,26H,2H3/b17-5-. The average Bonchev–Trinajstić information content (AvgIpc) is 3.24. The van der Waals surface area contributed by atoms with Crippen LogP contribution in [0.4, 0.5) is 5.69 Å². The van der Waals surface area contributed by atoms with Gasteiger partial charge in [-0.2, -0.15) is 0 Å². The monoisotopic (exact) mass is 487 g/mol. The first kappa shape index (κ1) is 19.5. The van der Waals surface area contributed by atoms with Gasteiger partial charge in [0.25, 0.3) is 5.56 Å². The van der Waals surface area contributed by atoms with Crippen molar-refractivity contribution in [3.8, 4) is 22.8 Å². The van der Waals surface area contributed by atoms with Crippen LogP contribution in [0.3, 0.4) is 0 Å². The predicted molar refractivity (Wildman–Crippen MR) is 117 cm³/mol. The van der Waals surface area contributed by atoms with Gasteiger partial charge in [-0.05, 0) is 47.5 Å². The molecule has 0 aliphatic carbocycles. The van der Waals surface area contributed by atoms with E-state index in [-0.39, 0.29) is 22.1 Å². The highest BCUT2D eigenvalue weighted by Crippen LogP contribution is 2.35. The zero-order chi connectivity index (χ0) is 20.7. The summed E-state index contributed by atoms with van der Waals surface area (Å²) in [5.74, 6) is 0.0807. The number of phenolic OH excluding ortho intramolecular Hbond substituents is 1. The Morgan fingerprint density at radius 3 is 2.83 bits per heavy atom. The van der Waals surface area contributed by atoms with Crippen LogP contribution in [0.15, 0.2) is 45.8 Å². The summed E-state index contributed by atoms with van der Waals surface area (Å²) in [5.41, 5.74) is 2.26. The van der Waals surface area contributed by atoms with Gasteiger partial charge in [0.1, 0.15) is 0 Å². The van der Waals surface area contributed by atoms with Gasteiger partial charge in [0.05, 0.1) is 28.9 Å². The van der Waals surface area contributed by atoms with E-state index in [4.69, 9.17) is 22.9 Å².